The van der Waals surface area contributed by atoms with E-state index >= 15 is 0 Å². The summed E-state index contributed by atoms with van der Waals surface area (Å²) in [6, 6.07) is 23.1. The summed E-state index contributed by atoms with van der Waals surface area (Å²) < 4.78 is 21.9. The van der Waals surface area contributed by atoms with Crippen molar-refractivity contribution in [2.24, 2.45) is 0 Å². The second kappa shape index (κ2) is 11.5. The fraction of sp³-hybridized carbons (Fsp3) is 0.148. The standard InChI is InChI=1S/C27H25FN4O2S/c1-3-18-32-25(20-14-8-9-15-21(20)28)30-31-27(32)35-24(19-12-6-5-7-13-19)26(33)29-22-16-10-11-17-23(22)34-4-2/h3,5-17,24H,1,4,18H2,2H3,(H,29,33). The van der Waals surface area contributed by atoms with Gasteiger partial charge in [-0.15, -0.1) is 16.8 Å². The Morgan fingerprint density at radius 3 is 2.54 bits per heavy atom. The van der Waals surface area contributed by atoms with Crippen molar-refractivity contribution in [1.82, 2.24) is 14.8 Å². The van der Waals surface area contributed by atoms with Crippen LogP contribution in [0.5, 0.6) is 5.75 Å². The van der Waals surface area contributed by atoms with Gasteiger partial charge in [0.1, 0.15) is 16.8 Å². The Morgan fingerprint density at radius 1 is 1.09 bits per heavy atom. The van der Waals surface area contributed by atoms with Gasteiger partial charge in [-0.25, -0.2) is 4.39 Å². The summed E-state index contributed by atoms with van der Waals surface area (Å²) in [6.45, 7) is 6.54. The van der Waals surface area contributed by atoms with Crippen molar-refractivity contribution in [1.29, 1.82) is 0 Å². The third-order valence-electron chi connectivity index (χ3n) is 5.15. The van der Waals surface area contributed by atoms with Gasteiger partial charge in [-0.2, -0.15) is 0 Å². The molecule has 1 unspecified atom stereocenters. The summed E-state index contributed by atoms with van der Waals surface area (Å²) in [6.07, 6.45) is 1.69. The fourth-order valence-electron chi connectivity index (χ4n) is 3.57. The Morgan fingerprint density at radius 2 is 1.80 bits per heavy atom. The average molecular weight is 489 g/mol. The quantitative estimate of drug-likeness (QED) is 0.214. The summed E-state index contributed by atoms with van der Waals surface area (Å²) in [5.41, 5.74) is 1.71. The number of thioether (sulfide) groups is 1. The van der Waals surface area contributed by atoms with Gasteiger partial charge in [0.05, 0.1) is 17.9 Å². The van der Waals surface area contributed by atoms with Gasteiger partial charge in [0.25, 0.3) is 0 Å². The third-order valence-corrected chi connectivity index (χ3v) is 6.39. The van der Waals surface area contributed by atoms with E-state index in [0.29, 0.717) is 41.1 Å². The molecule has 178 valence electrons. The molecule has 1 aromatic heterocycles. The zero-order chi connectivity index (χ0) is 24.6. The number of aromatic nitrogens is 3. The van der Waals surface area contributed by atoms with E-state index in [1.54, 1.807) is 34.9 Å². The van der Waals surface area contributed by atoms with Gasteiger partial charge >= 0.3 is 0 Å². The molecule has 1 N–H and O–H groups in total. The maximum Gasteiger partial charge on any atom is 0.242 e. The molecule has 1 heterocycles. The lowest BCUT2D eigenvalue weighted by Crippen LogP contribution is -2.20. The first-order valence-corrected chi connectivity index (χ1v) is 12.0. The van der Waals surface area contributed by atoms with Crippen LogP contribution in [-0.4, -0.2) is 27.3 Å². The molecule has 0 fully saturated rings. The molecule has 35 heavy (non-hydrogen) atoms. The van der Waals surface area contributed by atoms with Crippen LogP contribution in [0.2, 0.25) is 0 Å². The van der Waals surface area contributed by atoms with E-state index in [0.717, 1.165) is 5.56 Å². The molecule has 0 aliphatic carbocycles. The van der Waals surface area contributed by atoms with Crippen LogP contribution in [0, 0.1) is 5.82 Å². The van der Waals surface area contributed by atoms with Gasteiger partial charge in [-0.3, -0.25) is 9.36 Å². The van der Waals surface area contributed by atoms with Crippen LogP contribution in [0.4, 0.5) is 10.1 Å². The Balaban J connectivity index is 1.70. The summed E-state index contributed by atoms with van der Waals surface area (Å²) in [5, 5.41) is 11.4. The first-order valence-electron chi connectivity index (χ1n) is 11.2. The van der Waals surface area contributed by atoms with Gasteiger partial charge < -0.3 is 10.1 Å². The predicted molar refractivity (Wildman–Crippen MR) is 137 cm³/mol. The summed E-state index contributed by atoms with van der Waals surface area (Å²) in [5.74, 6) is 0.330. The van der Waals surface area contributed by atoms with Crippen LogP contribution in [0.15, 0.2) is 96.7 Å². The number of hydrogen-bond acceptors (Lipinski definition) is 5. The molecular weight excluding hydrogens is 463 g/mol. The van der Waals surface area contributed by atoms with Crippen molar-refractivity contribution in [3.63, 3.8) is 0 Å². The maximum atomic E-state index is 14.5. The maximum absolute atomic E-state index is 14.5. The van der Waals surface area contributed by atoms with E-state index in [-0.39, 0.29) is 5.91 Å². The number of carbonyl (C=O) groups excluding carboxylic acids is 1. The van der Waals surface area contributed by atoms with Crippen LogP contribution in [-0.2, 0) is 11.3 Å². The Hall–Kier alpha value is -3.91. The Labute approximate surface area is 207 Å². The molecule has 1 amide bonds. The zero-order valence-electron chi connectivity index (χ0n) is 19.2. The molecule has 0 saturated carbocycles. The zero-order valence-corrected chi connectivity index (χ0v) is 20.0. The number of rotatable bonds is 10. The number of benzene rings is 3. The minimum absolute atomic E-state index is 0.242. The molecule has 4 rings (SSSR count). The van der Waals surface area contributed by atoms with Crippen molar-refractivity contribution >= 4 is 23.4 Å². The molecule has 0 aliphatic rings. The number of nitrogens with zero attached hydrogens (tertiary/aromatic N) is 3. The number of amides is 1. The molecule has 3 aromatic carbocycles. The number of carbonyl (C=O) groups is 1. The molecule has 0 saturated heterocycles. The summed E-state index contributed by atoms with van der Waals surface area (Å²) >= 11 is 1.24. The number of ether oxygens (including phenoxy) is 1. The lowest BCUT2D eigenvalue weighted by Gasteiger charge is -2.18. The molecule has 0 radical (unpaired) electrons. The van der Waals surface area contributed by atoms with Crippen molar-refractivity contribution in [2.75, 3.05) is 11.9 Å². The van der Waals surface area contributed by atoms with Crippen molar-refractivity contribution in [3.8, 4) is 17.1 Å². The van der Waals surface area contributed by atoms with E-state index in [2.05, 4.69) is 22.1 Å². The molecule has 8 heteroatoms. The number of nitrogens with one attached hydrogen (secondary N) is 1. The molecule has 1 atom stereocenters. The second-order valence-corrected chi connectivity index (χ2v) is 8.58. The molecular formula is C27H25FN4O2S. The Kier molecular flexibility index (Phi) is 7.95. The minimum Gasteiger partial charge on any atom is -0.492 e. The van der Waals surface area contributed by atoms with Gasteiger partial charge in [0, 0.05) is 6.54 Å². The fourth-order valence-corrected chi connectivity index (χ4v) is 4.61. The highest BCUT2D eigenvalue weighted by Crippen LogP contribution is 2.38. The number of halogens is 1. The smallest absolute Gasteiger partial charge is 0.242 e. The van der Waals surface area contributed by atoms with E-state index in [4.69, 9.17) is 4.74 Å². The highest BCUT2D eigenvalue weighted by molar-refractivity contribution is 8.00. The summed E-state index contributed by atoms with van der Waals surface area (Å²) in [4.78, 5) is 13.5. The highest BCUT2D eigenvalue weighted by Gasteiger charge is 2.27. The van der Waals surface area contributed by atoms with E-state index < -0.39 is 11.1 Å². The lowest BCUT2D eigenvalue weighted by atomic mass is 10.1. The van der Waals surface area contributed by atoms with Crippen LogP contribution in [0.25, 0.3) is 11.4 Å². The van der Waals surface area contributed by atoms with Gasteiger partial charge in [-0.1, -0.05) is 72.4 Å². The first kappa shape index (κ1) is 24.2. The van der Waals surface area contributed by atoms with E-state index in [9.17, 15) is 9.18 Å². The average Bonchev–Trinajstić information content (AvgIpc) is 3.27. The monoisotopic (exact) mass is 488 g/mol. The largest absolute Gasteiger partial charge is 0.492 e. The number of anilines is 1. The predicted octanol–water partition coefficient (Wildman–Crippen LogP) is 6.14. The summed E-state index contributed by atoms with van der Waals surface area (Å²) in [7, 11) is 0. The minimum atomic E-state index is -0.646. The first-order chi connectivity index (χ1) is 17.1. The van der Waals surface area contributed by atoms with Gasteiger partial charge in [-0.05, 0) is 36.8 Å². The molecule has 0 aliphatic heterocycles. The topological polar surface area (TPSA) is 69.0 Å². The van der Waals surface area contributed by atoms with E-state index in [1.165, 1.54) is 17.8 Å². The van der Waals surface area contributed by atoms with Crippen molar-refractivity contribution < 1.29 is 13.9 Å². The Bertz CT molecular complexity index is 1310. The van der Waals surface area contributed by atoms with Gasteiger partial charge in [0.15, 0.2) is 11.0 Å². The van der Waals surface area contributed by atoms with Crippen LogP contribution in [0.1, 0.15) is 17.7 Å². The van der Waals surface area contributed by atoms with E-state index in [1.807, 2.05) is 55.5 Å². The van der Waals surface area contributed by atoms with Crippen molar-refractivity contribution in [2.45, 2.75) is 23.9 Å². The van der Waals surface area contributed by atoms with Gasteiger partial charge in [0.2, 0.25) is 5.91 Å². The molecule has 0 bridgehead atoms. The normalized spacial score (nSPS) is 11.6. The number of hydrogen-bond donors (Lipinski definition) is 1. The molecule has 6 nitrogen and oxygen atoms in total. The highest BCUT2D eigenvalue weighted by atomic mass is 32.2. The van der Waals surface area contributed by atoms with Crippen LogP contribution in [0.3, 0.4) is 0 Å². The van der Waals surface area contributed by atoms with Crippen LogP contribution < -0.4 is 10.1 Å². The molecule has 4 aromatic rings. The second-order valence-electron chi connectivity index (χ2n) is 7.51. The lowest BCUT2D eigenvalue weighted by molar-refractivity contribution is -0.115. The SMILES string of the molecule is C=CCn1c(SC(C(=O)Nc2ccccc2OCC)c2ccccc2)nnc1-c1ccccc1F. The van der Waals surface area contributed by atoms with Crippen LogP contribution >= 0.6 is 11.8 Å². The molecule has 0 spiro atoms. The van der Waals surface area contributed by atoms with Crippen molar-refractivity contribution in [3.05, 3.63) is 103 Å². The third kappa shape index (κ3) is 5.60. The number of allylic oxidation sites excluding steroid dienone is 1. The number of para-hydroxylation sites is 2.